The number of nitrogens with one attached hydrogen (secondary N) is 2. The van der Waals surface area contributed by atoms with Gasteiger partial charge in [-0.2, -0.15) is 12.9 Å². The van der Waals surface area contributed by atoms with Gasteiger partial charge in [0.2, 0.25) is 0 Å². The Labute approximate surface area is 823 Å². The van der Waals surface area contributed by atoms with Crippen LogP contribution in [0.3, 0.4) is 0 Å². The number of hydrogen-bond donors (Lipinski definition) is 56. The number of carboxylic acid groups (broad SMARTS) is 4. The SMILES string of the molecule is CP(=O)(O)O.CP(=O)(O)O.CP(=O)(O)O.CP(=O)(O)O.CP(=O)(O)OP(=O)(O)CP(=O)(O)O.CP(=O)(O)OP(=O)(O)CP(=O)(O)O.CP(=O)(O)OP(=O)(O)NP(=O)(O)O.CP(=O)(O)OP(=O)(O)OP(=O)(O)O.O=C(O)CC(=O)O.O=C(O)CP(=O)(O)O.O=C(O)C[As](=O)(O)O.O=P(O)(O)CP(=O)(O)O.O=P(O)(O)CP(=O)(O)OP(=O)(O)O.O=P(O)(O)C[As](=O)(O)O.O=P(O)(O)NP(=O)(O)O.O=P(O)(O)OP(=O)(O)OP(=O)(O)O. The molecule has 0 spiro atoms. The fraction of sp³-hybridized carbons (Fsp3) is 0.800. The topological polar surface area (TPSA) is 1770 Å². The molecule has 0 rings (SSSR count). The number of hydrogen-bond acceptors (Lipinski definition) is 42. The molecule has 0 aliphatic carbocycles. The van der Waals surface area contributed by atoms with E-state index in [1.807, 2.05) is 0 Å². The molecule has 0 aliphatic heterocycles. The molecule has 0 aromatic heterocycles. The minimum Gasteiger partial charge on any atom is -0.312 e. The van der Waals surface area contributed by atoms with Crippen molar-refractivity contribution in [2.24, 2.45) is 0 Å². The van der Waals surface area contributed by atoms with Crippen LogP contribution in [0.25, 0.3) is 0 Å². The molecule has 0 fully saturated rings. The number of aliphatic carboxylic acids is 4. The number of rotatable bonds is 36. The van der Waals surface area contributed by atoms with Crippen LogP contribution in [0.2, 0.25) is 5.21 Å². The Morgan fingerprint density at radius 2 is 0.405 bits per heavy atom. The Balaban J connectivity index is -0.0000000906. The zero-order chi connectivity index (χ0) is 126. The van der Waals surface area contributed by atoms with Crippen molar-refractivity contribution in [3.8, 4) is 0 Å². The van der Waals surface area contributed by atoms with Crippen molar-refractivity contribution in [2.45, 2.75) is 11.6 Å². The summed E-state index contributed by atoms with van der Waals surface area (Å²) in [5, 5.41) is 29.9. The molecule has 56 N–H and O–H groups in total. The van der Waals surface area contributed by atoms with E-state index in [9.17, 15) is 154 Å². The summed E-state index contributed by atoms with van der Waals surface area (Å²) in [4.78, 5) is 410. The summed E-state index contributed by atoms with van der Waals surface area (Å²) in [5.41, 5.74) is 0. The van der Waals surface area contributed by atoms with Crippen molar-refractivity contribution in [3.05, 3.63) is 0 Å². The molecule has 98 nitrogen and oxygen atoms in total. The minimum atomic E-state index is -5.46. The second-order valence-corrected chi connectivity index (χ2v) is 79.4. The van der Waals surface area contributed by atoms with E-state index >= 15 is 0 Å². The Bertz CT molecular complexity index is 4640. The fourth-order valence-corrected chi connectivity index (χ4v) is 33.1. The zero-order valence-corrected chi connectivity index (χ0v) is 100. The molecule has 9 atom stereocenters. The quantitative estimate of drug-likeness (QED) is 0.0157. The predicted molar refractivity (Wildman–Crippen MR) is 468 cm³/mol. The average Bonchev–Trinajstić information content (AvgIpc) is 0.871. The van der Waals surface area contributed by atoms with Crippen molar-refractivity contribution in [1.82, 2.24) is 9.72 Å². The predicted octanol–water partition coefficient (Wildman–Crippen LogP) is -8.86. The van der Waals surface area contributed by atoms with Gasteiger partial charge in [-0.3, -0.25) is 92.0 Å². The number of phosphoric acid groups is 6. The molecule has 148 heavy (non-hydrogen) atoms. The van der Waals surface area contributed by atoms with Crippen LogP contribution in [0.15, 0.2) is 0 Å². The van der Waals surface area contributed by atoms with Gasteiger partial charge in [-0.25, -0.2) is 67.2 Å². The minimum absolute atomic E-state index is 0.554. The molecule has 128 heteroatoms. The van der Waals surface area contributed by atoms with Crippen LogP contribution in [0.4, 0.5) is 0 Å². The van der Waals surface area contributed by atoms with Crippen LogP contribution >= 0.6 is 215 Å². The van der Waals surface area contributed by atoms with Gasteiger partial charge in [-0.15, -0.1) is 9.72 Å². The van der Waals surface area contributed by atoms with Crippen LogP contribution in [0.1, 0.15) is 6.42 Å². The summed E-state index contributed by atoms with van der Waals surface area (Å²) >= 11 is -9.97. The molecule has 0 aromatic rings. The third-order valence-corrected chi connectivity index (χ3v) is 44.1. The summed E-state index contributed by atoms with van der Waals surface area (Å²) in [6.45, 7) is 5.83. The van der Waals surface area contributed by atoms with Crippen LogP contribution < -0.4 is 9.72 Å². The van der Waals surface area contributed by atoms with Crippen LogP contribution in [0.5, 0.6) is 0 Å². The van der Waals surface area contributed by atoms with E-state index in [4.69, 9.17) is 262 Å². The normalized spacial score (nSPS) is 16.3. The van der Waals surface area contributed by atoms with Gasteiger partial charge in [0.05, 0.1) is 0 Å². The Kier molecular flexibility index (Phi) is 91.9. The first kappa shape index (κ1) is 186. The third-order valence-electron chi connectivity index (χ3n) is 5.27. The second kappa shape index (κ2) is 73.1. The van der Waals surface area contributed by atoms with E-state index < -0.39 is 313 Å². The average molecular weight is 2920 g/mol. The van der Waals surface area contributed by atoms with Gasteiger partial charge >= 0.3 is 325 Å². The molecule has 0 amide bonds. The Morgan fingerprint density at radius 3 is 0.486 bits per heavy atom. The molecule has 0 aromatic carbocycles. The second-order valence-electron chi connectivity index (χ2n) is 23.1. The van der Waals surface area contributed by atoms with E-state index in [2.05, 4.69) is 34.5 Å². The zero-order valence-electron chi connectivity index (χ0n) is 71.4. The van der Waals surface area contributed by atoms with Crippen molar-refractivity contribution < 1.29 is 451 Å². The largest absolute Gasteiger partial charge is 0.490 e. The smallest absolute Gasteiger partial charge is 0.312 e. The monoisotopic (exact) mass is 2920 g/mol. The van der Waals surface area contributed by atoms with E-state index in [1.54, 1.807) is 0 Å². The molecule has 912 valence electrons. The van der Waals surface area contributed by atoms with E-state index in [-0.39, 0.29) is 0 Å². The number of carbonyl (C=O) groups is 4. The molecule has 0 aliphatic rings. The molecular weight excluding hydrogens is 2820 g/mol. The van der Waals surface area contributed by atoms with E-state index in [1.165, 1.54) is 0 Å². The van der Waals surface area contributed by atoms with Gasteiger partial charge in [0.25, 0.3) is 0 Å². The first-order valence-corrected chi connectivity index (χ1v) is 87.1. The molecule has 9 unspecified atom stereocenters. The summed E-state index contributed by atoms with van der Waals surface area (Å²) in [5.74, 6) is -11.5. The third kappa shape index (κ3) is 285. The number of carboxylic acids is 4. The maximum Gasteiger partial charge on any atom is 0.490 e. The van der Waals surface area contributed by atoms with E-state index in [0.717, 1.165) is 36.4 Å². The summed E-state index contributed by atoms with van der Waals surface area (Å²) in [6.07, 6.45) is -1.90. The van der Waals surface area contributed by atoms with Gasteiger partial charge < -0.3 is 231 Å². The first-order valence-electron chi connectivity index (χ1n) is 29.8. The van der Waals surface area contributed by atoms with Crippen molar-refractivity contribution in [3.63, 3.8) is 0 Å². The van der Waals surface area contributed by atoms with Crippen LogP contribution in [-0.4, -0.2) is 402 Å². The summed E-state index contributed by atoms with van der Waals surface area (Å²) in [6, 6.07) is 0. The summed E-state index contributed by atoms with van der Waals surface area (Å²) < 4.78 is 361. The van der Waals surface area contributed by atoms with E-state index in [0.29, 0.717) is 26.7 Å². The molecule has 0 bridgehead atoms. The standard InChI is InChI=1S/C3H4O4.C2H5AsO5.2C2H9O8P3.C2H5O5P.CH6AsO6P.CH8NO8P3.2CH7O9P3.CH6O6P2.4CH5O3P.H5NO6P2.H5O10P3/c4-2(5)1-3(6)7;4-2(5)1-3(6,7)8;2*1-11(3,4)10-13(8,9)2-12(5,6)7;3-2(4)1-8(5,6)7;3-2(4,5)1-9(6,7)8;1-11(3,4)10-13(8,9)2-12(5,6)7;1-11(2,3)9-13(7,8)10-12(4,5)6;2-11(3,4)1-12(5,6)10-13(7,8)9;2-8(3,4)1-9(5,6)7;4*1-5(2,3)4;2-8(3,4)1-9(5,6)7;1-11(2,3)9-13(7,8)10-12(4,5)6/h1H2,(H,4,5)(H,6,7);1H2,(H,4,5)(H2,6,7,8);2*2H2,1H3,(H,3,4)(H,8,9)(H2,5,6,7);1H2,(H,3,4)(H2,5,6,7);1H2,(H2,3,4,5)(H2,6,7,8);1H3,(H,3,4)(H4,2,5,6,7,8,9);1H3,(H,2,3)(H,7,8)(H2,4,5,6);1H2,(H,5,6)(H2,2,3,4)(H2,7,8,9);1H2,(H2,2,3,4)(H2,5,6,7);4*1H3,(H2,2,3,4);(H5,1,2,3,4,5,6,7);(H,7,8)(H2,1,2,3)(H2,4,5,6). The Hall–Kier alpha value is 2.64. The van der Waals surface area contributed by atoms with Gasteiger partial charge in [0, 0.05) is 53.3 Å². The molecular formula is C20H96As2N2O96P28. The molecule has 0 heterocycles. The summed E-state index contributed by atoms with van der Waals surface area (Å²) in [7, 11) is -130. The van der Waals surface area contributed by atoms with Gasteiger partial charge in [-0.1, -0.05) is 0 Å². The maximum atomic E-state index is 10.8. The molecule has 0 radical (unpaired) electrons. The first-order chi connectivity index (χ1) is 61.6. The van der Waals surface area contributed by atoms with Crippen LogP contribution in [0, 0.1) is 0 Å². The van der Waals surface area contributed by atoms with Crippen molar-refractivity contribution in [2.75, 3.05) is 88.0 Å². The van der Waals surface area contributed by atoms with Crippen molar-refractivity contribution >= 4 is 267 Å². The van der Waals surface area contributed by atoms with Gasteiger partial charge in [-0.05, 0) is 0 Å². The van der Waals surface area contributed by atoms with Crippen LogP contribution in [-0.2, 0) is 189 Å². The van der Waals surface area contributed by atoms with Gasteiger partial charge in [0.1, 0.15) is 12.6 Å². The maximum absolute atomic E-state index is 10.8. The molecule has 0 saturated carbocycles. The Morgan fingerprint density at radius 1 is 0.223 bits per heavy atom. The fourth-order valence-electron chi connectivity index (χ4n) is 3.56. The van der Waals surface area contributed by atoms with Crippen molar-refractivity contribution in [1.29, 1.82) is 0 Å². The van der Waals surface area contributed by atoms with Gasteiger partial charge in [0.15, 0.2) is 23.6 Å². The molecule has 0 saturated heterocycles.